The number of carbonyl (C=O) groups excluding carboxylic acids is 1. The Kier molecular flexibility index (Phi) is 5.08. The fourth-order valence-corrected chi connectivity index (χ4v) is 2.99. The van der Waals surface area contributed by atoms with Crippen LogP contribution in [0.3, 0.4) is 0 Å². The molecule has 0 aliphatic carbocycles. The molecule has 0 fully saturated rings. The number of carbonyl (C=O) groups is 2. The number of aromatic nitrogens is 1. The van der Waals surface area contributed by atoms with Crippen LogP contribution in [0.2, 0.25) is 0 Å². The average molecular weight is 423 g/mol. The van der Waals surface area contributed by atoms with E-state index in [0.717, 1.165) is 17.7 Å². The van der Waals surface area contributed by atoms with Crippen molar-refractivity contribution in [3.63, 3.8) is 0 Å². The highest BCUT2D eigenvalue weighted by atomic mass is 19.1. The Morgan fingerprint density at radius 1 is 1.10 bits per heavy atom. The summed E-state index contributed by atoms with van der Waals surface area (Å²) in [5, 5.41) is 14.5. The fourth-order valence-electron chi connectivity index (χ4n) is 2.99. The van der Waals surface area contributed by atoms with Crippen LogP contribution in [0.1, 0.15) is 16.1 Å². The molecule has 0 saturated heterocycles. The van der Waals surface area contributed by atoms with Crippen LogP contribution in [0.4, 0.5) is 20.2 Å². The van der Waals surface area contributed by atoms with Gasteiger partial charge in [-0.25, -0.2) is 18.6 Å². The summed E-state index contributed by atoms with van der Waals surface area (Å²) in [4.78, 5) is 27.9. The van der Waals surface area contributed by atoms with Crippen LogP contribution >= 0.6 is 0 Å². The van der Waals surface area contributed by atoms with Gasteiger partial charge in [-0.2, -0.15) is 0 Å². The Bertz CT molecular complexity index is 1200. The molecule has 1 aliphatic heterocycles. The first-order valence-corrected chi connectivity index (χ1v) is 9.08. The van der Waals surface area contributed by atoms with E-state index < -0.39 is 29.2 Å². The van der Waals surface area contributed by atoms with E-state index in [4.69, 9.17) is 9.84 Å². The SMILES string of the molecule is O=C(O)c1ccc(NC(=O)C2(Oc3ccc(F)cc3F)C=Cc3ccccc3N2)cn1. The first-order chi connectivity index (χ1) is 14.9. The second kappa shape index (κ2) is 7.86. The summed E-state index contributed by atoms with van der Waals surface area (Å²) in [6.45, 7) is 0. The fraction of sp³-hybridized carbons (Fsp3) is 0.0455. The minimum absolute atomic E-state index is 0.193. The van der Waals surface area contributed by atoms with Gasteiger partial charge in [0.25, 0.3) is 11.6 Å². The molecule has 1 aromatic heterocycles. The Morgan fingerprint density at radius 2 is 1.90 bits per heavy atom. The van der Waals surface area contributed by atoms with Crippen molar-refractivity contribution in [1.29, 1.82) is 0 Å². The quantitative estimate of drug-likeness (QED) is 0.575. The molecule has 0 spiro atoms. The van der Waals surface area contributed by atoms with E-state index in [2.05, 4.69) is 15.6 Å². The van der Waals surface area contributed by atoms with Crippen molar-refractivity contribution >= 4 is 29.3 Å². The minimum atomic E-state index is -1.88. The van der Waals surface area contributed by atoms with Crippen molar-refractivity contribution in [3.05, 3.63) is 89.8 Å². The molecule has 156 valence electrons. The molecule has 3 aromatic rings. The van der Waals surface area contributed by atoms with Gasteiger partial charge in [0.2, 0.25) is 0 Å². The maximum Gasteiger partial charge on any atom is 0.354 e. The van der Waals surface area contributed by atoms with E-state index in [1.54, 1.807) is 18.2 Å². The number of pyridine rings is 1. The van der Waals surface area contributed by atoms with Crippen molar-refractivity contribution < 1.29 is 28.2 Å². The molecule has 2 heterocycles. The predicted octanol–water partition coefficient (Wildman–Crippen LogP) is 3.91. The molecular formula is C22H15F2N3O4. The number of para-hydroxylation sites is 1. The minimum Gasteiger partial charge on any atom is -0.477 e. The summed E-state index contributed by atoms with van der Waals surface area (Å²) in [5.41, 5.74) is -0.532. The molecule has 0 radical (unpaired) electrons. The molecular weight excluding hydrogens is 408 g/mol. The van der Waals surface area contributed by atoms with Crippen LogP contribution < -0.4 is 15.4 Å². The molecule has 2 aromatic carbocycles. The predicted molar refractivity (Wildman–Crippen MR) is 109 cm³/mol. The largest absolute Gasteiger partial charge is 0.477 e. The number of ether oxygens (including phenoxy) is 1. The number of carboxylic acid groups (broad SMARTS) is 1. The number of aromatic carboxylic acids is 1. The molecule has 1 aliphatic rings. The highest BCUT2D eigenvalue weighted by molar-refractivity contribution is 6.03. The van der Waals surface area contributed by atoms with Crippen molar-refractivity contribution in [2.24, 2.45) is 0 Å². The standard InChI is InChI=1S/C22H15F2N3O4/c23-14-5-8-19(16(24)11-14)31-22(10-9-13-3-1-2-4-17(13)27-22)21(30)26-15-6-7-18(20(28)29)25-12-15/h1-12,27H,(H,26,30)(H,28,29). The first kappa shape index (κ1) is 20.0. The third kappa shape index (κ3) is 4.06. The van der Waals surface area contributed by atoms with Crippen LogP contribution in [0, 0.1) is 11.6 Å². The van der Waals surface area contributed by atoms with Gasteiger partial charge in [0.15, 0.2) is 11.6 Å². The molecule has 31 heavy (non-hydrogen) atoms. The lowest BCUT2D eigenvalue weighted by molar-refractivity contribution is -0.126. The number of nitrogens with one attached hydrogen (secondary N) is 2. The average Bonchev–Trinajstić information content (AvgIpc) is 2.76. The normalized spacial score (nSPS) is 16.7. The maximum absolute atomic E-state index is 14.3. The van der Waals surface area contributed by atoms with Gasteiger partial charge in [0.05, 0.1) is 11.9 Å². The third-order valence-corrected chi connectivity index (χ3v) is 4.52. The van der Waals surface area contributed by atoms with Gasteiger partial charge in [-0.15, -0.1) is 0 Å². The van der Waals surface area contributed by atoms with E-state index in [1.807, 2.05) is 12.1 Å². The van der Waals surface area contributed by atoms with Crippen LogP contribution in [-0.2, 0) is 4.79 Å². The molecule has 9 heteroatoms. The number of benzene rings is 2. The van der Waals surface area contributed by atoms with Gasteiger partial charge in [-0.1, -0.05) is 24.3 Å². The second-order valence-corrected chi connectivity index (χ2v) is 6.65. The van der Waals surface area contributed by atoms with Gasteiger partial charge in [0.1, 0.15) is 11.5 Å². The summed E-state index contributed by atoms with van der Waals surface area (Å²) in [6, 6.07) is 12.4. The van der Waals surface area contributed by atoms with Crippen molar-refractivity contribution in [2.75, 3.05) is 10.6 Å². The topological polar surface area (TPSA) is 101 Å². The number of amides is 1. The van der Waals surface area contributed by atoms with E-state index in [-0.39, 0.29) is 17.1 Å². The number of halogens is 2. The highest BCUT2D eigenvalue weighted by Gasteiger charge is 2.41. The van der Waals surface area contributed by atoms with Crippen LogP contribution in [-0.4, -0.2) is 27.7 Å². The van der Waals surface area contributed by atoms with E-state index in [1.165, 1.54) is 24.4 Å². The lowest BCUT2D eigenvalue weighted by atomic mass is 10.0. The van der Waals surface area contributed by atoms with Crippen molar-refractivity contribution in [3.8, 4) is 5.75 Å². The zero-order valence-electron chi connectivity index (χ0n) is 15.8. The molecule has 1 atom stereocenters. The summed E-state index contributed by atoms with van der Waals surface area (Å²) < 4.78 is 33.3. The molecule has 1 amide bonds. The zero-order chi connectivity index (χ0) is 22.0. The number of nitrogens with zero attached hydrogens (tertiary/aromatic N) is 1. The molecule has 7 nitrogen and oxygen atoms in total. The first-order valence-electron chi connectivity index (χ1n) is 9.08. The number of carboxylic acids is 1. The Morgan fingerprint density at radius 3 is 2.61 bits per heavy atom. The molecule has 0 bridgehead atoms. The maximum atomic E-state index is 14.3. The number of rotatable bonds is 5. The van der Waals surface area contributed by atoms with Gasteiger partial charge in [0, 0.05) is 11.8 Å². The summed E-state index contributed by atoms with van der Waals surface area (Å²) in [7, 11) is 0. The molecule has 1 unspecified atom stereocenters. The number of hydrogen-bond acceptors (Lipinski definition) is 5. The van der Waals surface area contributed by atoms with E-state index in [9.17, 15) is 18.4 Å². The molecule has 0 saturated carbocycles. The van der Waals surface area contributed by atoms with Gasteiger partial charge >= 0.3 is 5.97 Å². The second-order valence-electron chi connectivity index (χ2n) is 6.65. The summed E-state index contributed by atoms with van der Waals surface area (Å²) in [6.07, 6.45) is 4.22. The molecule has 4 rings (SSSR count). The number of anilines is 2. The summed E-state index contributed by atoms with van der Waals surface area (Å²) >= 11 is 0. The monoisotopic (exact) mass is 423 g/mol. The Labute approximate surface area is 175 Å². The summed E-state index contributed by atoms with van der Waals surface area (Å²) in [5.74, 6) is -4.05. The van der Waals surface area contributed by atoms with Crippen LogP contribution in [0.15, 0.2) is 66.9 Å². The van der Waals surface area contributed by atoms with Crippen LogP contribution in [0.25, 0.3) is 6.08 Å². The van der Waals surface area contributed by atoms with Gasteiger partial charge < -0.3 is 20.5 Å². The van der Waals surface area contributed by atoms with Crippen molar-refractivity contribution in [1.82, 2.24) is 4.98 Å². The van der Waals surface area contributed by atoms with Gasteiger partial charge in [-0.05, 0) is 42.0 Å². The van der Waals surface area contributed by atoms with E-state index in [0.29, 0.717) is 11.8 Å². The van der Waals surface area contributed by atoms with Gasteiger partial charge in [-0.3, -0.25) is 4.79 Å². The number of fused-ring (bicyclic) bond motifs is 1. The lowest BCUT2D eigenvalue weighted by Crippen LogP contribution is -2.54. The lowest BCUT2D eigenvalue weighted by Gasteiger charge is -2.35. The molecule has 3 N–H and O–H groups in total. The Balaban J connectivity index is 1.68. The van der Waals surface area contributed by atoms with E-state index >= 15 is 0 Å². The Hall–Kier alpha value is -4.27. The van der Waals surface area contributed by atoms with Crippen LogP contribution in [0.5, 0.6) is 5.75 Å². The smallest absolute Gasteiger partial charge is 0.354 e. The highest BCUT2D eigenvalue weighted by Crippen LogP contribution is 2.32. The third-order valence-electron chi connectivity index (χ3n) is 4.52. The van der Waals surface area contributed by atoms with Crippen molar-refractivity contribution in [2.45, 2.75) is 5.72 Å². The number of hydrogen-bond donors (Lipinski definition) is 3. The zero-order valence-corrected chi connectivity index (χ0v) is 15.8.